The van der Waals surface area contributed by atoms with E-state index in [-0.39, 0.29) is 18.3 Å². The van der Waals surface area contributed by atoms with Gasteiger partial charge in [-0.1, -0.05) is 48.0 Å². The average Bonchev–Trinajstić information content (AvgIpc) is 2.61. The lowest BCUT2D eigenvalue weighted by Crippen LogP contribution is -2.49. The van der Waals surface area contributed by atoms with Gasteiger partial charge in [0.05, 0.1) is 17.1 Å². The number of halogens is 1. The molecule has 0 radical (unpaired) electrons. The molecular formula is C20H21ClN2O3. The normalized spacial score (nSPS) is 17.6. The second-order valence-electron chi connectivity index (χ2n) is 6.37. The lowest BCUT2D eigenvalue weighted by atomic mass is 10.1. The van der Waals surface area contributed by atoms with E-state index < -0.39 is 6.04 Å². The monoisotopic (exact) mass is 372 g/mol. The summed E-state index contributed by atoms with van der Waals surface area (Å²) in [4.78, 5) is 26.7. The molecule has 1 fully saturated rings. The van der Waals surface area contributed by atoms with Gasteiger partial charge in [0, 0.05) is 13.1 Å². The van der Waals surface area contributed by atoms with E-state index in [0.29, 0.717) is 30.4 Å². The number of aryl methyl sites for hydroxylation is 1. The fraction of sp³-hybridized carbons (Fsp3) is 0.300. The Balaban J connectivity index is 1.68. The fourth-order valence-electron chi connectivity index (χ4n) is 2.98. The van der Waals surface area contributed by atoms with Crippen molar-refractivity contribution < 1.29 is 14.3 Å². The molecule has 1 saturated heterocycles. The molecular weight excluding hydrogens is 352 g/mol. The smallest absolute Gasteiger partial charge is 0.323 e. The highest BCUT2D eigenvalue weighted by molar-refractivity contribution is 6.33. The summed E-state index contributed by atoms with van der Waals surface area (Å²) in [5, 5.41) is 3.26. The predicted octanol–water partition coefficient (Wildman–Crippen LogP) is 3.40. The van der Waals surface area contributed by atoms with Crippen LogP contribution in [0.1, 0.15) is 17.5 Å². The van der Waals surface area contributed by atoms with Gasteiger partial charge >= 0.3 is 5.97 Å². The molecule has 26 heavy (non-hydrogen) atoms. The van der Waals surface area contributed by atoms with Crippen LogP contribution >= 0.6 is 11.6 Å². The molecule has 0 spiro atoms. The topological polar surface area (TPSA) is 58.6 Å². The molecule has 1 atom stereocenters. The molecule has 0 unspecified atom stereocenters. The Kier molecular flexibility index (Phi) is 5.91. The van der Waals surface area contributed by atoms with E-state index in [0.717, 1.165) is 11.1 Å². The van der Waals surface area contributed by atoms with Crippen molar-refractivity contribution in [1.82, 2.24) is 4.90 Å². The highest BCUT2D eigenvalue weighted by atomic mass is 35.5. The Bertz CT molecular complexity index is 795. The van der Waals surface area contributed by atoms with Gasteiger partial charge < -0.3 is 10.1 Å². The summed E-state index contributed by atoms with van der Waals surface area (Å²) >= 11 is 6.16. The van der Waals surface area contributed by atoms with Crippen LogP contribution in [0.5, 0.6) is 0 Å². The molecule has 3 rings (SSSR count). The van der Waals surface area contributed by atoms with E-state index in [1.54, 1.807) is 12.1 Å². The fourth-order valence-corrected chi connectivity index (χ4v) is 3.26. The van der Waals surface area contributed by atoms with Gasteiger partial charge in [0.1, 0.15) is 12.6 Å². The SMILES string of the molecule is Cc1ccc(NC(=O)C[C@H]2C(=O)OCCN2Cc2ccccc2)c(Cl)c1. The number of nitrogens with zero attached hydrogens (tertiary/aromatic N) is 1. The largest absolute Gasteiger partial charge is 0.463 e. The number of morpholine rings is 1. The van der Waals surface area contributed by atoms with Gasteiger partial charge in [0.15, 0.2) is 0 Å². The van der Waals surface area contributed by atoms with Crippen molar-refractivity contribution in [3.8, 4) is 0 Å². The van der Waals surface area contributed by atoms with E-state index in [1.807, 2.05) is 48.2 Å². The van der Waals surface area contributed by atoms with Crippen LogP contribution in [0.3, 0.4) is 0 Å². The van der Waals surface area contributed by atoms with E-state index >= 15 is 0 Å². The van der Waals surface area contributed by atoms with E-state index in [1.165, 1.54) is 0 Å². The summed E-state index contributed by atoms with van der Waals surface area (Å²) in [7, 11) is 0. The highest BCUT2D eigenvalue weighted by Gasteiger charge is 2.33. The first-order chi connectivity index (χ1) is 12.5. The maximum atomic E-state index is 12.5. The number of esters is 1. The number of anilines is 1. The van der Waals surface area contributed by atoms with Crippen molar-refractivity contribution in [3.05, 3.63) is 64.7 Å². The van der Waals surface area contributed by atoms with Crippen LogP contribution in [0.15, 0.2) is 48.5 Å². The van der Waals surface area contributed by atoms with Gasteiger partial charge in [-0.2, -0.15) is 0 Å². The molecule has 1 aliphatic rings. The van der Waals surface area contributed by atoms with Crippen molar-refractivity contribution in [2.75, 3.05) is 18.5 Å². The molecule has 0 aromatic heterocycles. The van der Waals surface area contributed by atoms with E-state index in [9.17, 15) is 9.59 Å². The highest BCUT2D eigenvalue weighted by Crippen LogP contribution is 2.23. The molecule has 0 aliphatic carbocycles. The van der Waals surface area contributed by atoms with Crippen LogP contribution in [0.4, 0.5) is 5.69 Å². The average molecular weight is 373 g/mol. The van der Waals surface area contributed by atoms with E-state index in [2.05, 4.69) is 5.32 Å². The zero-order chi connectivity index (χ0) is 18.5. The zero-order valence-electron chi connectivity index (χ0n) is 14.6. The molecule has 5 nitrogen and oxygen atoms in total. The molecule has 1 N–H and O–H groups in total. The van der Waals surface area contributed by atoms with Crippen LogP contribution in [0.2, 0.25) is 5.02 Å². The molecule has 0 saturated carbocycles. The van der Waals surface area contributed by atoms with Gasteiger partial charge in [0.2, 0.25) is 5.91 Å². The van der Waals surface area contributed by atoms with E-state index in [4.69, 9.17) is 16.3 Å². The third kappa shape index (κ3) is 4.62. The number of ether oxygens (including phenoxy) is 1. The standard InChI is InChI=1S/C20H21ClN2O3/c1-14-7-8-17(16(21)11-14)22-19(24)12-18-20(25)26-10-9-23(18)13-15-5-3-2-4-6-15/h2-8,11,18H,9-10,12-13H2,1H3,(H,22,24)/t18-/m0/s1. The summed E-state index contributed by atoms with van der Waals surface area (Å²) in [6.07, 6.45) is 0.0237. The third-order valence-electron chi connectivity index (χ3n) is 4.34. The summed E-state index contributed by atoms with van der Waals surface area (Å²) in [5.74, 6) is -0.630. The number of hydrogen-bond acceptors (Lipinski definition) is 4. The minimum absolute atomic E-state index is 0.0237. The minimum atomic E-state index is -0.604. The molecule has 136 valence electrons. The van der Waals surface area contributed by atoms with Gasteiger partial charge in [-0.25, -0.2) is 0 Å². The first kappa shape index (κ1) is 18.4. The molecule has 1 amide bonds. The molecule has 1 aliphatic heterocycles. The Morgan fingerprint density at radius 2 is 2.04 bits per heavy atom. The third-order valence-corrected chi connectivity index (χ3v) is 4.65. The minimum Gasteiger partial charge on any atom is -0.463 e. The van der Waals surface area contributed by atoms with Crippen LogP contribution < -0.4 is 5.32 Å². The van der Waals surface area contributed by atoms with Crippen molar-refractivity contribution in [1.29, 1.82) is 0 Å². The van der Waals surface area contributed by atoms with Crippen LogP contribution in [-0.4, -0.2) is 36.0 Å². The molecule has 1 heterocycles. The van der Waals surface area contributed by atoms with Gasteiger partial charge in [-0.05, 0) is 30.2 Å². The van der Waals surface area contributed by atoms with Crippen molar-refractivity contribution in [2.45, 2.75) is 25.9 Å². The van der Waals surface area contributed by atoms with Gasteiger partial charge in [0.25, 0.3) is 0 Å². The number of benzene rings is 2. The Hall–Kier alpha value is -2.37. The molecule has 2 aromatic rings. The Labute approximate surface area is 157 Å². The van der Waals surface area contributed by atoms with Crippen molar-refractivity contribution in [3.63, 3.8) is 0 Å². The second kappa shape index (κ2) is 8.34. The van der Waals surface area contributed by atoms with Crippen molar-refractivity contribution in [2.24, 2.45) is 0 Å². The first-order valence-electron chi connectivity index (χ1n) is 8.53. The van der Waals surface area contributed by atoms with Gasteiger partial charge in [-0.3, -0.25) is 14.5 Å². The van der Waals surface area contributed by atoms with Gasteiger partial charge in [-0.15, -0.1) is 0 Å². The Morgan fingerprint density at radius 3 is 2.77 bits per heavy atom. The lowest BCUT2D eigenvalue weighted by Gasteiger charge is -2.33. The number of cyclic esters (lactones) is 1. The number of rotatable bonds is 5. The first-order valence-corrected chi connectivity index (χ1v) is 8.91. The van der Waals surface area contributed by atoms with Crippen molar-refractivity contribution >= 4 is 29.2 Å². The molecule has 6 heteroatoms. The van der Waals surface area contributed by atoms with Crippen LogP contribution in [-0.2, 0) is 20.9 Å². The Morgan fingerprint density at radius 1 is 1.27 bits per heavy atom. The maximum Gasteiger partial charge on any atom is 0.323 e. The molecule has 2 aromatic carbocycles. The number of carbonyl (C=O) groups excluding carboxylic acids is 2. The number of amides is 1. The summed E-state index contributed by atoms with van der Waals surface area (Å²) in [5.41, 5.74) is 2.65. The molecule has 0 bridgehead atoms. The second-order valence-corrected chi connectivity index (χ2v) is 6.78. The quantitative estimate of drug-likeness (QED) is 0.817. The lowest BCUT2D eigenvalue weighted by molar-refractivity contribution is -0.159. The van der Waals surface area contributed by atoms with Crippen LogP contribution in [0.25, 0.3) is 0 Å². The van der Waals surface area contributed by atoms with Crippen LogP contribution in [0, 0.1) is 6.92 Å². The number of hydrogen-bond donors (Lipinski definition) is 1. The summed E-state index contributed by atoms with van der Waals surface area (Å²) < 4.78 is 5.16. The number of nitrogens with one attached hydrogen (secondary N) is 1. The maximum absolute atomic E-state index is 12.5. The summed E-state index contributed by atoms with van der Waals surface area (Å²) in [6.45, 7) is 3.47. The number of carbonyl (C=O) groups is 2. The summed E-state index contributed by atoms with van der Waals surface area (Å²) in [6, 6.07) is 14.7. The predicted molar refractivity (Wildman–Crippen MR) is 101 cm³/mol. The zero-order valence-corrected chi connectivity index (χ0v) is 15.3.